The fourth-order valence-electron chi connectivity index (χ4n) is 3.93. The topological polar surface area (TPSA) is 78.3 Å². The molecule has 6 nitrogen and oxygen atoms in total. The summed E-state index contributed by atoms with van der Waals surface area (Å²) in [5.41, 5.74) is 2.34. The van der Waals surface area contributed by atoms with E-state index in [2.05, 4.69) is 40.2 Å². The van der Waals surface area contributed by atoms with Crippen LogP contribution in [0.4, 0.5) is 0 Å². The van der Waals surface area contributed by atoms with Crippen LogP contribution in [0.3, 0.4) is 0 Å². The third kappa shape index (κ3) is 4.32. The van der Waals surface area contributed by atoms with Gasteiger partial charge in [0.05, 0.1) is 10.9 Å². The molecule has 1 aliphatic heterocycles. The van der Waals surface area contributed by atoms with Gasteiger partial charge < -0.3 is 5.11 Å². The number of nitrogens with zero attached hydrogens (tertiary/aromatic N) is 2. The highest BCUT2D eigenvalue weighted by atomic mass is 16.3. The Morgan fingerprint density at radius 3 is 2.55 bits per heavy atom. The third-order valence-electron chi connectivity index (χ3n) is 5.53. The Labute approximate surface area is 168 Å². The third-order valence-corrected chi connectivity index (χ3v) is 5.53. The van der Waals surface area contributed by atoms with Crippen molar-refractivity contribution >= 4 is 16.5 Å². The van der Waals surface area contributed by atoms with Crippen molar-refractivity contribution in [3.8, 4) is 5.75 Å². The molecule has 0 saturated carbocycles. The van der Waals surface area contributed by atoms with E-state index in [9.17, 15) is 14.7 Å². The second-order valence-electron chi connectivity index (χ2n) is 7.47. The number of unbranched alkanes of at least 4 members (excludes halogenated alkanes) is 1. The average molecular weight is 391 g/mol. The number of benzene rings is 2. The van der Waals surface area contributed by atoms with Crippen LogP contribution in [-0.2, 0) is 6.54 Å². The maximum Gasteiger partial charge on any atom is 0.328 e. The van der Waals surface area contributed by atoms with Gasteiger partial charge in [-0.25, -0.2) is 4.79 Å². The molecule has 2 heterocycles. The summed E-state index contributed by atoms with van der Waals surface area (Å²) in [7, 11) is 0. The SMILES string of the molecule is O=c1[nH]c(=O)n(CCCCN2CC=C(c3ccccc3)CC2)c2cc(O)ccc12. The predicted molar refractivity (Wildman–Crippen MR) is 115 cm³/mol. The largest absolute Gasteiger partial charge is 0.508 e. The Morgan fingerprint density at radius 2 is 1.79 bits per heavy atom. The fourth-order valence-corrected chi connectivity index (χ4v) is 3.93. The van der Waals surface area contributed by atoms with Gasteiger partial charge in [0.2, 0.25) is 0 Å². The molecule has 0 unspecified atom stereocenters. The van der Waals surface area contributed by atoms with Gasteiger partial charge in [-0.1, -0.05) is 36.4 Å². The normalized spacial score (nSPS) is 14.8. The van der Waals surface area contributed by atoms with Crippen LogP contribution in [0.1, 0.15) is 24.8 Å². The lowest BCUT2D eigenvalue weighted by Crippen LogP contribution is -2.31. The van der Waals surface area contributed by atoms with E-state index in [1.54, 1.807) is 10.6 Å². The molecule has 6 heteroatoms. The van der Waals surface area contributed by atoms with Crippen LogP contribution in [0, 0.1) is 0 Å². The summed E-state index contributed by atoms with van der Waals surface area (Å²) in [6.07, 6.45) is 5.14. The molecule has 4 rings (SSSR count). The summed E-state index contributed by atoms with van der Waals surface area (Å²) in [5, 5.41) is 10.2. The van der Waals surface area contributed by atoms with Gasteiger partial charge in [0.1, 0.15) is 5.75 Å². The van der Waals surface area contributed by atoms with Crippen molar-refractivity contribution in [3.05, 3.63) is 81.0 Å². The monoisotopic (exact) mass is 391 g/mol. The minimum absolute atomic E-state index is 0.0468. The number of phenolic OH excluding ortho intramolecular Hbond substituents is 1. The standard InChI is InChI=1S/C23H25N3O3/c27-19-8-9-20-21(16-19)26(23(29)24-22(20)28)13-5-4-12-25-14-10-18(11-15-25)17-6-2-1-3-7-17/h1-3,6-10,16,27H,4-5,11-15H2,(H,24,28,29). The van der Waals surface area contributed by atoms with E-state index >= 15 is 0 Å². The van der Waals surface area contributed by atoms with Gasteiger partial charge in [-0.05, 0) is 49.1 Å². The first-order valence-corrected chi connectivity index (χ1v) is 10.0. The molecule has 1 aliphatic rings. The van der Waals surface area contributed by atoms with Crippen LogP contribution < -0.4 is 11.2 Å². The Balaban J connectivity index is 1.35. The highest BCUT2D eigenvalue weighted by Crippen LogP contribution is 2.22. The van der Waals surface area contributed by atoms with E-state index in [1.807, 2.05) is 6.07 Å². The van der Waals surface area contributed by atoms with Crippen LogP contribution in [-0.4, -0.2) is 39.2 Å². The van der Waals surface area contributed by atoms with E-state index in [0.717, 1.165) is 38.9 Å². The van der Waals surface area contributed by atoms with Crippen molar-refractivity contribution in [1.29, 1.82) is 0 Å². The van der Waals surface area contributed by atoms with E-state index < -0.39 is 11.2 Å². The second kappa shape index (κ2) is 8.49. The van der Waals surface area contributed by atoms with E-state index in [4.69, 9.17) is 0 Å². The molecule has 150 valence electrons. The summed E-state index contributed by atoms with van der Waals surface area (Å²) >= 11 is 0. The average Bonchev–Trinajstić information content (AvgIpc) is 2.74. The van der Waals surface area contributed by atoms with E-state index in [-0.39, 0.29) is 5.75 Å². The zero-order chi connectivity index (χ0) is 20.2. The summed E-state index contributed by atoms with van der Waals surface area (Å²) in [5.74, 6) is 0.0468. The Bertz CT molecular complexity index is 1150. The molecule has 1 aromatic heterocycles. The van der Waals surface area contributed by atoms with Gasteiger partial charge in [0, 0.05) is 25.7 Å². The Morgan fingerprint density at radius 1 is 1.00 bits per heavy atom. The lowest BCUT2D eigenvalue weighted by molar-refractivity contribution is 0.292. The van der Waals surface area contributed by atoms with Gasteiger partial charge in [-0.15, -0.1) is 0 Å². The lowest BCUT2D eigenvalue weighted by atomic mass is 9.99. The zero-order valence-corrected chi connectivity index (χ0v) is 16.3. The number of aromatic nitrogens is 2. The molecule has 29 heavy (non-hydrogen) atoms. The molecule has 2 N–H and O–H groups in total. The molecule has 0 bridgehead atoms. The fraction of sp³-hybridized carbons (Fsp3) is 0.304. The molecular weight excluding hydrogens is 366 g/mol. The van der Waals surface area contributed by atoms with Gasteiger partial charge in [-0.2, -0.15) is 0 Å². The van der Waals surface area contributed by atoms with Crippen LogP contribution in [0.15, 0.2) is 64.2 Å². The molecule has 0 atom stereocenters. The minimum Gasteiger partial charge on any atom is -0.508 e. The molecular formula is C23H25N3O3. The molecule has 0 saturated heterocycles. The molecule has 0 fully saturated rings. The van der Waals surface area contributed by atoms with Gasteiger partial charge >= 0.3 is 5.69 Å². The maximum atomic E-state index is 12.2. The van der Waals surface area contributed by atoms with Gasteiger partial charge in [0.25, 0.3) is 5.56 Å². The Hall–Kier alpha value is -3.12. The summed E-state index contributed by atoms with van der Waals surface area (Å²) < 4.78 is 1.54. The number of hydrogen-bond acceptors (Lipinski definition) is 4. The number of aromatic hydroxyl groups is 1. The van der Waals surface area contributed by atoms with Crippen molar-refractivity contribution in [2.45, 2.75) is 25.8 Å². The maximum absolute atomic E-state index is 12.2. The highest BCUT2D eigenvalue weighted by Gasteiger charge is 2.13. The van der Waals surface area contributed by atoms with Crippen molar-refractivity contribution in [3.63, 3.8) is 0 Å². The van der Waals surface area contributed by atoms with Crippen LogP contribution in [0.25, 0.3) is 16.5 Å². The van der Waals surface area contributed by atoms with Crippen LogP contribution in [0.2, 0.25) is 0 Å². The first kappa shape index (κ1) is 19.2. The molecule has 3 aromatic rings. The molecule has 0 aliphatic carbocycles. The van der Waals surface area contributed by atoms with Crippen molar-refractivity contribution in [2.75, 3.05) is 19.6 Å². The Kier molecular flexibility index (Phi) is 5.62. The summed E-state index contributed by atoms with van der Waals surface area (Å²) in [6.45, 7) is 3.46. The minimum atomic E-state index is -0.429. The van der Waals surface area contributed by atoms with Gasteiger partial charge in [0.15, 0.2) is 0 Å². The zero-order valence-electron chi connectivity index (χ0n) is 16.3. The molecule has 0 amide bonds. The second-order valence-corrected chi connectivity index (χ2v) is 7.47. The van der Waals surface area contributed by atoms with Crippen molar-refractivity contribution in [1.82, 2.24) is 14.5 Å². The van der Waals surface area contributed by atoms with Crippen LogP contribution in [0.5, 0.6) is 5.75 Å². The number of aromatic amines is 1. The quantitative estimate of drug-likeness (QED) is 0.634. The number of aryl methyl sites for hydroxylation is 1. The molecule has 0 radical (unpaired) electrons. The predicted octanol–water partition coefficient (Wildman–Crippen LogP) is 2.96. The van der Waals surface area contributed by atoms with Gasteiger partial charge in [-0.3, -0.25) is 19.2 Å². The molecule has 0 spiro atoms. The highest BCUT2D eigenvalue weighted by molar-refractivity contribution is 5.79. The van der Waals surface area contributed by atoms with E-state index in [1.165, 1.54) is 23.3 Å². The molecule has 2 aromatic carbocycles. The smallest absolute Gasteiger partial charge is 0.328 e. The number of fused-ring (bicyclic) bond motifs is 1. The number of rotatable bonds is 6. The first-order valence-electron chi connectivity index (χ1n) is 10.0. The van der Waals surface area contributed by atoms with Crippen LogP contribution >= 0.6 is 0 Å². The summed E-state index contributed by atoms with van der Waals surface area (Å²) in [4.78, 5) is 29.0. The number of phenols is 1. The first-order chi connectivity index (χ1) is 14.1. The number of nitrogens with one attached hydrogen (secondary N) is 1. The van der Waals surface area contributed by atoms with E-state index in [0.29, 0.717) is 17.4 Å². The summed E-state index contributed by atoms with van der Waals surface area (Å²) in [6, 6.07) is 15.0. The number of hydrogen-bond donors (Lipinski definition) is 2. The van der Waals surface area contributed by atoms with Crippen molar-refractivity contribution < 1.29 is 5.11 Å². The lowest BCUT2D eigenvalue weighted by Gasteiger charge is -2.26. The van der Waals surface area contributed by atoms with Crippen molar-refractivity contribution in [2.24, 2.45) is 0 Å². The number of H-pyrrole nitrogens is 1.